The molecule has 3 rings (SSSR count). The number of para-hydroxylation sites is 1. The molecule has 5 heteroatoms. The summed E-state index contributed by atoms with van der Waals surface area (Å²) in [6.07, 6.45) is 0. The van der Waals surface area contributed by atoms with Gasteiger partial charge in [0.05, 0.1) is 5.69 Å². The SMILES string of the molecule is N#Cc1c(SCc2ccccc2)nn(-c2ccccc2)c1N. The van der Waals surface area contributed by atoms with E-state index in [1.54, 1.807) is 4.68 Å². The Kier molecular flexibility index (Phi) is 4.12. The highest BCUT2D eigenvalue weighted by atomic mass is 32.2. The molecule has 22 heavy (non-hydrogen) atoms. The summed E-state index contributed by atoms with van der Waals surface area (Å²) in [5, 5.41) is 14.5. The van der Waals surface area contributed by atoms with E-state index in [-0.39, 0.29) is 0 Å². The van der Waals surface area contributed by atoms with Gasteiger partial charge in [0.2, 0.25) is 0 Å². The van der Waals surface area contributed by atoms with Crippen LogP contribution in [0, 0.1) is 11.3 Å². The second-order valence-electron chi connectivity index (χ2n) is 4.70. The number of rotatable bonds is 4. The molecule has 0 spiro atoms. The van der Waals surface area contributed by atoms with Gasteiger partial charge in [-0.2, -0.15) is 10.4 Å². The maximum Gasteiger partial charge on any atom is 0.146 e. The van der Waals surface area contributed by atoms with E-state index in [2.05, 4.69) is 23.3 Å². The van der Waals surface area contributed by atoms with Crippen LogP contribution in [0.2, 0.25) is 0 Å². The van der Waals surface area contributed by atoms with E-state index in [0.29, 0.717) is 16.4 Å². The molecule has 3 aromatic rings. The van der Waals surface area contributed by atoms with Gasteiger partial charge in [-0.15, -0.1) is 0 Å². The Morgan fingerprint density at radius 3 is 2.32 bits per heavy atom. The van der Waals surface area contributed by atoms with Gasteiger partial charge in [0.15, 0.2) is 0 Å². The Morgan fingerprint density at radius 1 is 1.05 bits per heavy atom. The minimum atomic E-state index is 0.379. The second-order valence-corrected chi connectivity index (χ2v) is 5.66. The molecule has 0 aliphatic heterocycles. The lowest BCUT2D eigenvalue weighted by atomic mass is 10.2. The summed E-state index contributed by atoms with van der Waals surface area (Å²) in [7, 11) is 0. The van der Waals surface area contributed by atoms with Crippen molar-refractivity contribution in [2.24, 2.45) is 0 Å². The summed E-state index contributed by atoms with van der Waals surface area (Å²) in [6.45, 7) is 0. The average molecular weight is 306 g/mol. The van der Waals surface area contributed by atoms with E-state index in [9.17, 15) is 5.26 Å². The fourth-order valence-corrected chi connectivity index (χ4v) is 3.04. The predicted molar refractivity (Wildman–Crippen MR) is 88.7 cm³/mol. The lowest BCUT2D eigenvalue weighted by molar-refractivity contribution is 0.845. The molecule has 0 amide bonds. The van der Waals surface area contributed by atoms with Crippen LogP contribution in [-0.2, 0) is 5.75 Å². The van der Waals surface area contributed by atoms with Gasteiger partial charge >= 0.3 is 0 Å². The van der Waals surface area contributed by atoms with Gasteiger partial charge in [-0.05, 0) is 17.7 Å². The van der Waals surface area contributed by atoms with Crippen molar-refractivity contribution in [1.82, 2.24) is 9.78 Å². The monoisotopic (exact) mass is 306 g/mol. The number of nitriles is 1. The van der Waals surface area contributed by atoms with Gasteiger partial charge in [-0.1, -0.05) is 60.3 Å². The molecule has 0 radical (unpaired) electrons. The first-order valence-electron chi connectivity index (χ1n) is 6.80. The maximum absolute atomic E-state index is 9.36. The Hall–Kier alpha value is -2.71. The van der Waals surface area contributed by atoms with E-state index in [4.69, 9.17) is 5.73 Å². The quantitative estimate of drug-likeness (QED) is 0.748. The smallest absolute Gasteiger partial charge is 0.146 e. The fraction of sp³-hybridized carbons (Fsp3) is 0.0588. The van der Waals surface area contributed by atoms with Crippen LogP contribution in [0.15, 0.2) is 65.7 Å². The molecule has 0 aliphatic carbocycles. The second kappa shape index (κ2) is 6.37. The molecule has 0 bridgehead atoms. The van der Waals surface area contributed by atoms with E-state index in [1.165, 1.54) is 17.3 Å². The first kappa shape index (κ1) is 14.2. The molecule has 0 unspecified atom stereocenters. The highest BCUT2D eigenvalue weighted by molar-refractivity contribution is 7.98. The molecule has 2 aromatic carbocycles. The van der Waals surface area contributed by atoms with Crippen molar-refractivity contribution in [3.05, 3.63) is 71.8 Å². The van der Waals surface area contributed by atoms with Crippen LogP contribution in [0.5, 0.6) is 0 Å². The molecule has 0 atom stereocenters. The first-order chi connectivity index (χ1) is 10.8. The van der Waals surface area contributed by atoms with Crippen LogP contribution in [-0.4, -0.2) is 9.78 Å². The molecular formula is C17H14N4S. The minimum absolute atomic E-state index is 0.379. The standard InChI is InChI=1S/C17H14N4S/c18-11-15-16(19)21(14-9-5-2-6-10-14)20-17(15)22-12-13-7-3-1-4-8-13/h1-10H,12,19H2. The Labute approximate surface area is 133 Å². The van der Waals surface area contributed by atoms with Crippen LogP contribution >= 0.6 is 11.8 Å². The zero-order chi connectivity index (χ0) is 15.4. The number of hydrogen-bond donors (Lipinski definition) is 1. The van der Waals surface area contributed by atoms with Crippen LogP contribution in [0.3, 0.4) is 0 Å². The Morgan fingerprint density at radius 2 is 1.68 bits per heavy atom. The zero-order valence-corrected chi connectivity index (χ0v) is 12.6. The fourth-order valence-electron chi connectivity index (χ4n) is 2.11. The molecule has 108 valence electrons. The number of benzene rings is 2. The van der Waals surface area contributed by atoms with Crippen LogP contribution in [0.25, 0.3) is 5.69 Å². The molecule has 0 aliphatic rings. The topological polar surface area (TPSA) is 67.6 Å². The number of nitrogens with zero attached hydrogens (tertiary/aromatic N) is 3. The molecular weight excluding hydrogens is 292 g/mol. The summed E-state index contributed by atoms with van der Waals surface area (Å²) in [4.78, 5) is 0. The Bertz CT molecular complexity index is 804. The lowest BCUT2D eigenvalue weighted by Crippen LogP contribution is -2.01. The van der Waals surface area contributed by atoms with Gasteiger partial charge in [-0.3, -0.25) is 0 Å². The number of thioether (sulfide) groups is 1. The molecule has 4 nitrogen and oxygen atoms in total. The predicted octanol–water partition coefficient (Wildman–Crippen LogP) is 3.62. The van der Waals surface area contributed by atoms with Crippen molar-refractivity contribution >= 4 is 17.6 Å². The van der Waals surface area contributed by atoms with Crippen LogP contribution in [0.1, 0.15) is 11.1 Å². The van der Waals surface area contributed by atoms with Gasteiger partial charge in [-0.25, -0.2) is 4.68 Å². The number of anilines is 1. The van der Waals surface area contributed by atoms with Crippen molar-refractivity contribution in [2.45, 2.75) is 10.8 Å². The normalized spacial score (nSPS) is 10.3. The summed E-state index contributed by atoms with van der Waals surface area (Å²) >= 11 is 1.52. The van der Waals surface area contributed by atoms with Crippen molar-refractivity contribution in [3.63, 3.8) is 0 Å². The molecule has 1 heterocycles. The van der Waals surface area contributed by atoms with E-state index in [1.807, 2.05) is 48.5 Å². The van der Waals surface area contributed by atoms with Gasteiger partial charge < -0.3 is 5.73 Å². The van der Waals surface area contributed by atoms with Crippen molar-refractivity contribution in [1.29, 1.82) is 5.26 Å². The lowest BCUT2D eigenvalue weighted by Gasteiger charge is -2.02. The van der Waals surface area contributed by atoms with Gasteiger partial charge in [0.1, 0.15) is 22.5 Å². The highest BCUT2D eigenvalue weighted by Gasteiger charge is 2.16. The van der Waals surface area contributed by atoms with Gasteiger partial charge in [0.25, 0.3) is 0 Å². The Balaban J connectivity index is 1.90. The molecule has 0 saturated carbocycles. The molecule has 2 N–H and O–H groups in total. The van der Waals surface area contributed by atoms with Gasteiger partial charge in [0, 0.05) is 5.75 Å². The van der Waals surface area contributed by atoms with Crippen molar-refractivity contribution in [3.8, 4) is 11.8 Å². The van der Waals surface area contributed by atoms with Crippen molar-refractivity contribution < 1.29 is 0 Å². The van der Waals surface area contributed by atoms with Crippen molar-refractivity contribution in [2.75, 3.05) is 5.73 Å². The molecule has 1 aromatic heterocycles. The summed E-state index contributed by atoms with van der Waals surface area (Å²) in [5.41, 5.74) is 8.55. The minimum Gasteiger partial charge on any atom is -0.382 e. The molecule has 0 saturated heterocycles. The number of nitrogens with two attached hydrogens (primary N) is 1. The summed E-state index contributed by atoms with van der Waals surface area (Å²) in [6, 6.07) is 21.8. The third-order valence-corrected chi connectivity index (χ3v) is 4.26. The molecule has 0 fully saturated rings. The van der Waals surface area contributed by atoms with Crippen LogP contribution in [0.4, 0.5) is 5.82 Å². The van der Waals surface area contributed by atoms with E-state index >= 15 is 0 Å². The third kappa shape index (κ3) is 2.83. The summed E-state index contributed by atoms with van der Waals surface area (Å²) in [5.74, 6) is 1.13. The highest BCUT2D eigenvalue weighted by Crippen LogP contribution is 2.30. The first-order valence-corrected chi connectivity index (χ1v) is 7.79. The zero-order valence-electron chi connectivity index (χ0n) is 11.8. The maximum atomic E-state index is 9.36. The third-order valence-electron chi connectivity index (χ3n) is 3.22. The van der Waals surface area contributed by atoms with E-state index < -0.39 is 0 Å². The number of hydrogen-bond acceptors (Lipinski definition) is 4. The summed E-state index contributed by atoms with van der Waals surface area (Å²) < 4.78 is 1.62. The van der Waals surface area contributed by atoms with E-state index in [0.717, 1.165) is 11.4 Å². The number of aromatic nitrogens is 2. The average Bonchev–Trinajstić information content (AvgIpc) is 2.90. The largest absolute Gasteiger partial charge is 0.382 e. The van der Waals surface area contributed by atoms with Crippen LogP contribution < -0.4 is 5.73 Å². The number of nitrogen functional groups attached to an aromatic ring is 1.